The van der Waals surface area contributed by atoms with E-state index >= 15 is 0 Å². The van der Waals surface area contributed by atoms with Gasteiger partial charge in [-0.25, -0.2) is 0 Å². The summed E-state index contributed by atoms with van der Waals surface area (Å²) in [6.07, 6.45) is 0. The number of nitriles is 1. The Hall–Kier alpha value is -2.35. The van der Waals surface area contributed by atoms with Gasteiger partial charge < -0.3 is 10.1 Å². The maximum absolute atomic E-state index is 9.56. The van der Waals surface area contributed by atoms with Gasteiger partial charge >= 0.3 is 0 Å². The van der Waals surface area contributed by atoms with Gasteiger partial charge in [0.05, 0.1) is 6.07 Å². The number of nitrogens with zero attached hydrogens (tertiary/aromatic N) is 2. The second kappa shape index (κ2) is 7.08. The van der Waals surface area contributed by atoms with Crippen molar-refractivity contribution in [1.29, 1.82) is 5.26 Å². The molecule has 1 N–H and O–H groups in total. The lowest BCUT2D eigenvalue weighted by atomic mass is 10.1. The van der Waals surface area contributed by atoms with E-state index < -0.39 is 0 Å². The zero-order valence-electron chi connectivity index (χ0n) is 12.4. The summed E-state index contributed by atoms with van der Waals surface area (Å²) in [7, 11) is 0. The van der Waals surface area contributed by atoms with E-state index in [0.29, 0.717) is 0 Å². The Morgan fingerprint density at radius 2 is 1.73 bits per heavy atom. The highest BCUT2D eigenvalue weighted by Gasteiger charge is 2.22. The molecule has 1 saturated heterocycles. The molecule has 0 bridgehead atoms. The zero-order chi connectivity index (χ0) is 15.2. The average Bonchev–Trinajstić information content (AvgIpc) is 2.58. The van der Waals surface area contributed by atoms with Gasteiger partial charge in [-0.2, -0.15) is 5.26 Å². The van der Waals surface area contributed by atoms with Crippen molar-refractivity contribution in [1.82, 2.24) is 10.2 Å². The Labute approximate surface area is 130 Å². The summed E-state index contributed by atoms with van der Waals surface area (Å²) < 4.78 is 5.86. The van der Waals surface area contributed by atoms with Gasteiger partial charge in [0.15, 0.2) is 0 Å². The second-order valence-electron chi connectivity index (χ2n) is 5.31. The lowest BCUT2D eigenvalue weighted by Gasteiger charge is -2.31. The van der Waals surface area contributed by atoms with Gasteiger partial charge in [0.25, 0.3) is 0 Å². The van der Waals surface area contributed by atoms with Crippen LogP contribution in [-0.4, -0.2) is 31.1 Å². The van der Waals surface area contributed by atoms with Crippen LogP contribution in [0.2, 0.25) is 0 Å². The fourth-order valence-electron chi connectivity index (χ4n) is 2.68. The number of hydrogen-bond donors (Lipinski definition) is 1. The molecule has 0 saturated carbocycles. The normalized spacial score (nSPS) is 16.7. The van der Waals surface area contributed by atoms with Gasteiger partial charge in [-0.05, 0) is 29.8 Å². The first-order chi connectivity index (χ1) is 10.9. The van der Waals surface area contributed by atoms with Crippen molar-refractivity contribution in [3.63, 3.8) is 0 Å². The van der Waals surface area contributed by atoms with Crippen molar-refractivity contribution >= 4 is 0 Å². The van der Waals surface area contributed by atoms with Crippen molar-refractivity contribution < 1.29 is 4.74 Å². The van der Waals surface area contributed by atoms with Crippen LogP contribution in [0.3, 0.4) is 0 Å². The molecule has 2 aromatic rings. The standard InChI is InChI=1S/C18H19N3O/c19-14-18(21-11-9-20-10-12-21)15-5-4-8-17(13-15)22-16-6-2-1-3-7-16/h1-8,13,18,20H,9-12H2. The molecule has 4 heteroatoms. The van der Waals surface area contributed by atoms with Crippen LogP contribution >= 0.6 is 0 Å². The number of para-hydroxylation sites is 1. The molecule has 1 fully saturated rings. The predicted molar refractivity (Wildman–Crippen MR) is 85.8 cm³/mol. The van der Waals surface area contributed by atoms with Crippen molar-refractivity contribution in [3.05, 3.63) is 60.2 Å². The summed E-state index contributed by atoms with van der Waals surface area (Å²) in [6.45, 7) is 3.64. The molecule has 0 aromatic heterocycles. The quantitative estimate of drug-likeness (QED) is 0.941. The minimum Gasteiger partial charge on any atom is -0.457 e. The van der Waals surface area contributed by atoms with E-state index in [9.17, 15) is 5.26 Å². The van der Waals surface area contributed by atoms with Crippen molar-refractivity contribution in [2.75, 3.05) is 26.2 Å². The number of ether oxygens (including phenoxy) is 1. The zero-order valence-corrected chi connectivity index (χ0v) is 12.4. The molecule has 22 heavy (non-hydrogen) atoms. The number of rotatable bonds is 4. The SMILES string of the molecule is N#CC(c1cccc(Oc2ccccc2)c1)N1CCNCC1. The third-order valence-electron chi connectivity index (χ3n) is 3.79. The summed E-state index contributed by atoms with van der Waals surface area (Å²) in [5.41, 5.74) is 0.984. The molecule has 0 aliphatic carbocycles. The minimum atomic E-state index is -0.221. The second-order valence-corrected chi connectivity index (χ2v) is 5.31. The van der Waals surface area contributed by atoms with Gasteiger partial charge in [0.2, 0.25) is 0 Å². The van der Waals surface area contributed by atoms with Crippen molar-refractivity contribution in [2.24, 2.45) is 0 Å². The number of hydrogen-bond acceptors (Lipinski definition) is 4. The van der Waals surface area contributed by atoms with Gasteiger partial charge in [0, 0.05) is 26.2 Å². The average molecular weight is 293 g/mol. The molecule has 4 nitrogen and oxygen atoms in total. The smallest absolute Gasteiger partial charge is 0.127 e. The minimum absolute atomic E-state index is 0.221. The first kappa shape index (κ1) is 14.6. The number of piperazine rings is 1. The molecule has 1 unspecified atom stereocenters. The lowest BCUT2D eigenvalue weighted by molar-refractivity contribution is 0.207. The van der Waals surface area contributed by atoms with E-state index in [2.05, 4.69) is 16.3 Å². The van der Waals surface area contributed by atoms with Gasteiger partial charge in [-0.1, -0.05) is 30.3 Å². The van der Waals surface area contributed by atoms with Gasteiger partial charge in [-0.3, -0.25) is 4.90 Å². The topological polar surface area (TPSA) is 48.3 Å². The van der Waals surface area contributed by atoms with Crippen LogP contribution in [0.15, 0.2) is 54.6 Å². The van der Waals surface area contributed by atoms with Crippen LogP contribution in [0.1, 0.15) is 11.6 Å². The fraction of sp³-hybridized carbons (Fsp3) is 0.278. The summed E-state index contributed by atoms with van der Waals surface area (Å²) in [5, 5.41) is 12.9. The van der Waals surface area contributed by atoms with Crippen LogP contribution < -0.4 is 10.1 Å². The third kappa shape index (κ3) is 3.45. The van der Waals surface area contributed by atoms with Crippen LogP contribution in [0.4, 0.5) is 0 Å². The van der Waals surface area contributed by atoms with E-state index in [4.69, 9.17) is 4.74 Å². The molecular formula is C18H19N3O. The lowest BCUT2D eigenvalue weighted by Crippen LogP contribution is -2.44. The van der Waals surface area contributed by atoms with E-state index in [0.717, 1.165) is 43.2 Å². The summed E-state index contributed by atoms with van der Waals surface area (Å²) in [5.74, 6) is 1.56. The Balaban J connectivity index is 1.79. The van der Waals surface area contributed by atoms with E-state index in [-0.39, 0.29) is 6.04 Å². The Kier molecular flexibility index (Phi) is 4.69. The highest BCUT2D eigenvalue weighted by molar-refractivity contribution is 5.36. The number of nitrogens with one attached hydrogen (secondary N) is 1. The largest absolute Gasteiger partial charge is 0.457 e. The summed E-state index contributed by atoms with van der Waals surface area (Å²) in [4.78, 5) is 2.21. The monoisotopic (exact) mass is 293 g/mol. The van der Waals surface area contributed by atoms with E-state index in [1.165, 1.54) is 0 Å². The third-order valence-corrected chi connectivity index (χ3v) is 3.79. The van der Waals surface area contributed by atoms with E-state index in [1.807, 2.05) is 54.6 Å². The van der Waals surface area contributed by atoms with Crippen molar-refractivity contribution in [2.45, 2.75) is 6.04 Å². The molecule has 1 heterocycles. The molecule has 3 rings (SSSR count). The molecule has 0 amide bonds. The first-order valence-electron chi connectivity index (χ1n) is 7.54. The Morgan fingerprint density at radius 3 is 2.45 bits per heavy atom. The molecule has 0 spiro atoms. The van der Waals surface area contributed by atoms with E-state index in [1.54, 1.807) is 0 Å². The Morgan fingerprint density at radius 1 is 1.00 bits per heavy atom. The number of benzene rings is 2. The highest BCUT2D eigenvalue weighted by Crippen LogP contribution is 2.27. The predicted octanol–water partition coefficient (Wildman–Crippen LogP) is 2.95. The molecule has 1 aliphatic heterocycles. The van der Waals surface area contributed by atoms with Crippen LogP contribution in [0.25, 0.3) is 0 Å². The fourth-order valence-corrected chi connectivity index (χ4v) is 2.68. The summed E-state index contributed by atoms with van der Waals surface area (Å²) >= 11 is 0. The summed E-state index contributed by atoms with van der Waals surface area (Å²) in [6, 6.07) is 19.7. The maximum Gasteiger partial charge on any atom is 0.127 e. The van der Waals surface area contributed by atoms with Gasteiger partial charge in [-0.15, -0.1) is 0 Å². The Bertz CT molecular complexity index is 645. The molecule has 1 aliphatic rings. The molecular weight excluding hydrogens is 274 g/mol. The van der Waals surface area contributed by atoms with Gasteiger partial charge in [0.1, 0.15) is 17.5 Å². The maximum atomic E-state index is 9.56. The first-order valence-corrected chi connectivity index (χ1v) is 7.54. The highest BCUT2D eigenvalue weighted by atomic mass is 16.5. The van der Waals surface area contributed by atoms with Crippen LogP contribution in [-0.2, 0) is 0 Å². The molecule has 0 radical (unpaired) electrons. The van der Waals surface area contributed by atoms with Crippen molar-refractivity contribution in [3.8, 4) is 17.6 Å². The van der Waals surface area contributed by atoms with Crippen LogP contribution in [0, 0.1) is 11.3 Å². The molecule has 1 atom stereocenters. The van der Waals surface area contributed by atoms with Crippen LogP contribution in [0.5, 0.6) is 11.5 Å². The molecule has 112 valence electrons. The molecule has 2 aromatic carbocycles.